The van der Waals surface area contributed by atoms with Gasteiger partial charge in [-0.15, -0.1) is 0 Å². The number of hydrogen-bond donors (Lipinski definition) is 1. The second-order valence-corrected chi connectivity index (χ2v) is 5.70. The van der Waals surface area contributed by atoms with Crippen molar-refractivity contribution in [3.8, 4) is 0 Å². The van der Waals surface area contributed by atoms with Gasteiger partial charge in [-0.05, 0) is 42.5 Å². The maximum atomic E-state index is 10.5. The van der Waals surface area contributed by atoms with Gasteiger partial charge in [-0.25, -0.2) is 4.79 Å². The fourth-order valence-corrected chi connectivity index (χ4v) is 3.01. The number of nitrogens with zero attached hydrogens (tertiary/aromatic N) is 1. The standard InChI is InChI=1S/C16H20ClNO3/c1-21-11-13-3-2-8-18(10-13)15-6-4-12(9-14(15)17)5-7-16(19)20/h4-7,9,13H,2-3,8,10-11H2,1H3,(H,19,20)/b7-5+. The Morgan fingerprint density at radius 3 is 3.05 bits per heavy atom. The summed E-state index contributed by atoms with van der Waals surface area (Å²) in [6, 6.07) is 5.65. The summed E-state index contributed by atoms with van der Waals surface area (Å²) in [7, 11) is 1.73. The van der Waals surface area contributed by atoms with Crippen LogP contribution in [0.2, 0.25) is 5.02 Å². The van der Waals surface area contributed by atoms with Crippen LogP contribution in [0, 0.1) is 5.92 Å². The predicted octanol–water partition coefficient (Wildman–Crippen LogP) is 3.30. The van der Waals surface area contributed by atoms with Crippen molar-refractivity contribution in [3.63, 3.8) is 0 Å². The molecule has 2 rings (SSSR count). The van der Waals surface area contributed by atoms with Crippen LogP contribution in [-0.4, -0.2) is 37.9 Å². The zero-order valence-corrected chi connectivity index (χ0v) is 12.8. The van der Waals surface area contributed by atoms with E-state index < -0.39 is 5.97 Å². The Hall–Kier alpha value is -1.52. The Morgan fingerprint density at radius 2 is 2.38 bits per heavy atom. The third-order valence-corrected chi connectivity index (χ3v) is 3.95. The molecule has 0 amide bonds. The largest absolute Gasteiger partial charge is 0.478 e. The third-order valence-electron chi connectivity index (χ3n) is 3.65. The van der Waals surface area contributed by atoms with E-state index in [2.05, 4.69) is 4.90 Å². The first-order valence-corrected chi connectivity index (χ1v) is 7.42. The number of benzene rings is 1. The smallest absolute Gasteiger partial charge is 0.328 e. The number of rotatable bonds is 5. The highest BCUT2D eigenvalue weighted by molar-refractivity contribution is 6.33. The number of carboxylic acid groups (broad SMARTS) is 1. The predicted molar refractivity (Wildman–Crippen MR) is 84.9 cm³/mol. The topological polar surface area (TPSA) is 49.8 Å². The van der Waals surface area contributed by atoms with E-state index >= 15 is 0 Å². The summed E-state index contributed by atoms with van der Waals surface area (Å²) in [5.74, 6) is -0.431. The second-order valence-electron chi connectivity index (χ2n) is 5.29. The monoisotopic (exact) mass is 309 g/mol. The fraction of sp³-hybridized carbons (Fsp3) is 0.438. The van der Waals surface area contributed by atoms with E-state index in [-0.39, 0.29) is 0 Å². The Labute approximate surface area is 130 Å². The Morgan fingerprint density at radius 1 is 1.57 bits per heavy atom. The number of carboxylic acids is 1. The molecule has 1 unspecified atom stereocenters. The van der Waals surface area contributed by atoms with Gasteiger partial charge in [0.2, 0.25) is 0 Å². The van der Waals surface area contributed by atoms with E-state index in [0.29, 0.717) is 10.9 Å². The summed E-state index contributed by atoms with van der Waals surface area (Å²) in [5, 5.41) is 9.30. The zero-order chi connectivity index (χ0) is 15.2. The van der Waals surface area contributed by atoms with Crippen LogP contribution < -0.4 is 4.90 Å². The molecule has 0 spiro atoms. The molecule has 0 radical (unpaired) electrons. The average Bonchev–Trinajstić information content (AvgIpc) is 2.46. The van der Waals surface area contributed by atoms with Crippen LogP contribution in [0.3, 0.4) is 0 Å². The molecule has 1 atom stereocenters. The summed E-state index contributed by atoms with van der Waals surface area (Å²) >= 11 is 6.35. The van der Waals surface area contributed by atoms with Crippen LogP contribution in [0.5, 0.6) is 0 Å². The molecule has 0 aromatic heterocycles. The van der Waals surface area contributed by atoms with Gasteiger partial charge in [0.25, 0.3) is 0 Å². The van der Waals surface area contributed by atoms with Crippen molar-refractivity contribution in [1.82, 2.24) is 0 Å². The van der Waals surface area contributed by atoms with Crippen LogP contribution in [0.25, 0.3) is 6.08 Å². The summed E-state index contributed by atoms with van der Waals surface area (Å²) in [6.45, 7) is 2.70. The Kier molecular flexibility index (Phi) is 5.65. The highest BCUT2D eigenvalue weighted by Crippen LogP contribution is 2.31. The molecule has 1 N–H and O–H groups in total. The number of aliphatic carboxylic acids is 1. The first kappa shape index (κ1) is 15.9. The van der Waals surface area contributed by atoms with Crippen LogP contribution in [0.1, 0.15) is 18.4 Å². The lowest BCUT2D eigenvalue weighted by Gasteiger charge is -2.34. The lowest BCUT2D eigenvalue weighted by atomic mass is 9.98. The molecule has 1 aromatic carbocycles. The van der Waals surface area contributed by atoms with Crippen LogP contribution in [-0.2, 0) is 9.53 Å². The average molecular weight is 310 g/mol. The Balaban J connectivity index is 2.11. The first-order chi connectivity index (χ1) is 10.1. The number of piperidine rings is 1. The maximum Gasteiger partial charge on any atom is 0.328 e. The minimum Gasteiger partial charge on any atom is -0.478 e. The summed E-state index contributed by atoms with van der Waals surface area (Å²) < 4.78 is 5.24. The molecule has 0 aliphatic carbocycles. The Bertz CT molecular complexity index is 528. The van der Waals surface area contributed by atoms with Crippen molar-refractivity contribution in [1.29, 1.82) is 0 Å². The van der Waals surface area contributed by atoms with E-state index in [4.69, 9.17) is 21.4 Å². The van der Waals surface area contributed by atoms with Crippen molar-refractivity contribution in [2.24, 2.45) is 5.92 Å². The molecule has 1 fully saturated rings. The molecule has 1 saturated heterocycles. The van der Waals surface area contributed by atoms with E-state index in [1.807, 2.05) is 12.1 Å². The minimum atomic E-state index is -0.964. The molecular formula is C16H20ClNO3. The number of methoxy groups -OCH3 is 1. The number of hydrogen-bond acceptors (Lipinski definition) is 3. The molecule has 1 aliphatic heterocycles. The van der Waals surface area contributed by atoms with E-state index in [9.17, 15) is 4.79 Å². The van der Waals surface area contributed by atoms with E-state index in [1.54, 1.807) is 19.3 Å². The van der Waals surface area contributed by atoms with E-state index in [1.165, 1.54) is 6.42 Å². The van der Waals surface area contributed by atoms with Gasteiger partial charge in [-0.3, -0.25) is 0 Å². The van der Waals surface area contributed by atoms with Crippen molar-refractivity contribution in [2.45, 2.75) is 12.8 Å². The van der Waals surface area contributed by atoms with Gasteiger partial charge < -0.3 is 14.7 Å². The van der Waals surface area contributed by atoms with Crippen LogP contribution >= 0.6 is 11.6 Å². The number of anilines is 1. The normalized spacial score (nSPS) is 19.1. The van der Waals surface area contributed by atoms with Crippen molar-refractivity contribution >= 4 is 29.3 Å². The quantitative estimate of drug-likeness (QED) is 0.848. The van der Waals surface area contributed by atoms with Crippen molar-refractivity contribution in [3.05, 3.63) is 34.9 Å². The molecule has 0 bridgehead atoms. The third kappa shape index (κ3) is 4.48. The van der Waals surface area contributed by atoms with Gasteiger partial charge in [0.05, 0.1) is 17.3 Å². The summed E-state index contributed by atoms with van der Waals surface area (Å²) in [4.78, 5) is 12.8. The number of ether oxygens (including phenoxy) is 1. The van der Waals surface area contributed by atoms with E-state index in [0.717, 1.165) is 43.4 Å². The molecule has 114 valence electrons. The molecule has 1 aliphatic rings. The highest BCUT2D eigenvalue weighted by atomic mass is 35.5. The molecule has 21 heavy (non-hydrogen) atoms. The highest BCUT2D eigenvalue weighted by Gasteiger charge is 2.21. The van der Waals surface area contributed by atoms with Gasteiger partial charge in [0, 0.05) is 26.3 Å². The fourth-order valence-electron chi connectivity index (χ4n) is 2.71. The SMILES string of the molecule is COCC1CCCN(c2ccc(/C=C/C(=O)O)cc2Cl)C1. The number of halogens is 1. The molecule has 0 saturated carbocycles. The molecule has 1 heterocycles. The van der Waals surface area contributed by atoms with Gasteiger partial charge in [0.15, 0.2) is 0 Å². The zero-order valence-electron chi connectivity index (χ0n) is 12.1. The first-order valence-electron chi connectivity index (χ1n) is 7.04. The van der Waals surface area contributed by atoms with Gasteiger partial charge >= 0.3 is 5.97 Å². The van der Waals surface area contributed by atoms with Crippen molar-refractivity contribution < 1.29 is 14.6 Å². The maximum absolute atomic E-state index is 10.5. The summed E-state index contributed by atoms with van der Waals surface area (Å²) in [6.07, 6.45) is 4.97. The molecule has 5 heteroatoms. The van der Waals surface area contributed by atoms with Crippen molar-refractivity contribution in [2.75, 3.05) is 31.7 Å². The number of carbonyl (C=O) groups is 1. The lowest BCUT2D eigenvalue weighted by molar-refractivity contribution is -0.131. The molecular weight excluding hydrogens is 290 g/mol. The van der Waals surface area contributed by atoms with Crippen LogP contribution in [0.4, 0.5) is 5.69 Å². The summed E-state index contributed by atoms with van der Waals surface area (Å²) in [5.41, 5.74) is 1.79. The second kappa shape index (κ2) is 7.48. The lowest BCUT2D eigenvalue weighted by Crippen LogP contribution is -2.37. The molecule has 1 aromatic rings. The van der Waals surface area contributed by atoms with Gasteiger partial charge in [-0.2, -0.15) is 0 Å². The minimum absolute atomic E-state index is 0.534. The van der Waals surface area contributed by atoms with Gasteiger partial charge in [0.1, 0.15) is 0 Å². The van der Waals surface area contributed by atoms with Crippen LogP contribution in [0.15, 0.2) is 24.3 Å². The molecule has 4 nitrogen and oxygen atoms in total. The van der Waals surface area contributed by atoms with Gasteiger partial charge in [-0.1, -0.05) is 17.7 Å².